The molecule has 2 atom stereocenters. The summed E-state index contributed by atoms with van der Waals surface area (Å²) in [4.78, 5) is 39.7. The number of carbonyl (C=O) groups excluding carboxylic acids is 2. The van der Waals surface area contributed by atoms with Gasteiger partial charge < -0.3 is 15.1 Å². The monoisotopic (exact) mass is 375 g/mol. The summed E-state index contributed by atoms with van der Waals surface area (Å²) < 4.78 is 4.60. The Morgan fingerprint density at radius 2 is 1.81 bits per heavy atom. The van der Waals surface area contributed by atoms with Crippen LogP contribution in [0.25, 0.3) is 0 Å². The summed E-state index contributed by atoms with van der Waals surface area (Å²) in [6.45, 7) is 0. The van der Waals surface area contributed by atoms with Crippen molar-refractivity contribution in [2.75, 3.05) is 0 Å². The highest BCUT2D eigenvalue weighted by Crippen LogP contribution is 2.30. The number of carbonyl (C=O) groups is 2. The van der Waals surface area contributed by atoms with Crippen molar-refractivity contribution < 1.29 is 14.0 Å². The van der Waals surface area contributed by atoms with E-state index in [9.17, 15) is 14.4 Å². The third kappa shape index (κ3) is 3.33. The Balaban J connectivity index is 1.42. The lowest BCUT2D eigenvalue weighted by Crippen LogP contribution is -2.48. The largest absolute Gasteiger partial charge is 0.416 e. The Kier molecular flexibility index (Phi) is 4.67. The summed E-state index contributed by atoms with van der Waals surface area (Å²) in [7, 11) is 0. The SMILES string of the molecule is O=C(N[C@H]1CCC[C@@H]1NC(=O)c1csc2c1CCCC2)c1coc(=O)[nH]1. The molecule has 2 aromatic rings. The van der Waals surface area contributed by atoms with Crippen molar-refractivity contribution in [3.8, 4) is 0 Å². The molecule has 0 aliphatic heterocycles. The zero-order valence-corrected chi connectivity index (χ0v) is 15.1. The number of aromatic amines is 1. The molecule has 1 fully saturated rings. The van der Waals surface area contributed by atoms with Crippen LogP contribution in [0.2, 0.25) is 0 Å². The number of hydrogen-bond acceptors (Lipinski definition) is 5. The summed E-state index contributed by atoms with van der Waals surface area (Å²) >= 11 is 1.67. The van der Waals surface area contributed by atoms with Gasteiger partial charge in [0.05, 0.1) is 5.56 Å². The van der Waals surface area contributed by atoms with Crippen molar-refractivity contribution in [3.63, 3.8) is 0 Å². The molecule has 1 saturated carbocycles. The molecule has 2 heterocycles. The Morgan fingerprint density at radius 3 is 2.54 bits per heavy atom. The van der Waals surface area contributed by atoms with Crippen molar-refractivity contribution >= 4 is 23.2 Å². The van der Waals surface area contributed by atoms with Crippen molar-refractivity contribution in [2.24, 2.45) is 0 Å². The van der Waals surface area contributed by atoms with E-state index in [1.165, 1.54) is 16.9 Å². The molecule has 2 aliphatic rings. The average Bonchev–Trinajstić information content (AvgIpc) is 3.35. The third-order valence-corrected chi connectivity index (χ3v) is 6.31. The van der Waals surface area contributed by atoms with Gasteiger partial charge >= 0.3 is 5.76 Å². The van der Waals surface area contributed by atoms with Gasteiger partial charge in [0.2, 0.25) is 0 Å². The quantitative estimate of drug-likeness (QED) is 0.760. The minimum Gasteiger partial charge on any atom is -0.416 e. The summed E-state index contributed by atoms with van der Waals surface area (Å²) in [6.07, 6.45) is 8.03. The van der Waals surface area contributed by atoms with Crippen molar-refractivity contribution in [1.82, 2.24) is 15.6 Å². The molecule has 0 bridgehead atoms. The second-order valence-corrected chi connectivity index (χ2v) is 7.88. The molecule has 4 rings (SSSR count). The maximum atomic E-state index is 12.8. The maximum absolute atomic E-state index is 12.8. The summed E-state index contributed by atoms with van der Waals surface area (Å²) in [6, 6.07) is -0.261. The van der Waals surface area contributed by atoms with Gasteiger partial charge in [0.15, 0.2) is 0 Å². The van der Waals surface area contributed by atoms with E-state index in [2.05, 4.69) is 20.0 Å². The van der Waals surface area contributed by atoms with E-state index in [1.54, 1.807) is 11.3 Å². The minimum atomic E-state index is -0.659. The van der Waals surface area contributed by atoms with E-state index in [0.29, 0.717) is 0 Å². The molecule has 2 aliphatic carbocycles. The van der Waals surface area contributed by atoms with Gasteiger partial charge in [0, 0.05) is 22.3 Å². The molecule has 8 heteroatoms. The number of nitrogens with one attached hydrogen (secondary N) is 3. The first-order valence-electron chi connectivity index (χ1n) is 9.00. The number of aryl methyl sites for hydroxylation is 1. The minimum absolute atomic E-state index is 0.0488. The Hall–Kier alpha value is -2.35. The highest BCUT2D eigenvalue weighted by molar-refractivity contribution is 7.10. The molecule has 0 aromatic carbocycles. The van der Waals surface area contributed by atoms with Crippen molar-refractivity contribution in [3.05, 3.63) is 43.9 Å². The van der Waals surface area contributed by atoms with E-state index in [0.717, 1.165) is 50.4 Å². The fourth-order valence-electron chi connectivity index (χ4n) is 3.87. The lowest BCUT2D eigenvalue weighted by molar-refractivity contribution is 0.0889. The zero-order chi connectivity index (χ0) is 18.1. The number of H-pyrrole nitrogens is 1. The van der Waals surface area contributed by atoms with Crippen LogP contribution in [-0.4, -0.2) is 28.9 Å². The van der Waals surface area contributed by atoms with E-state index in [4.69, 9.17) is 0 Å². The molecule has 0 spiro atoms. The van der Waals surface area contributed by atoms with Crippen LogP contribution in [0.1, 0.15) is 63.4 Å². The molecule has 3 N–H and O–H groups in total. The van der Waals surface area contributed by atoms with Gasteiger partial charge in [-0.15, -0.1) is 11.3 Å². The average molecular weight is 375 g/mol. The number of hydrogen-bond donors (Lipinski definition) is 3. The predicted octanol–water partition coefficient (Wildman–Crippen LogP) is 1.99. The van der Waals surface area contributed by atoms with Crippen LogP contribution in [0.5, 0.6) is 0 Å². The molecule has 0 radical (unpaired) electrons. The van der Waals surface area contributed by atoms with Gasteiger partial charge in [-0.05, 0) is 50.5 Å². The number of rotatable bonds is 4. The van der Waals surface area contributed by atoms with Crippen LogP contribution in [0.15, 0.2) is 20.9 Å². The summed E-state index contributed by atoms with van der Waals surface area (Å²) in [5, 5.41) is 7.95. The van der Waals surface area contributed by atoms with Gasteiger partial charge in [-0.3, -0.25) is 14.6 Å². The normalized spacial score (nSPS) is 22.0. The smallest absolute Gasteiger partial charge is 0.416 e. The predicted molar refractivity (Wildman–Crippen MR) is 96.6 cm³/mol. The molecule has 138 valence electrons. The van der Waals surface area contributed by atoms with Gasteiger partial charge in [0.25, 0.3) is 11.8 Å². The van der Waals surface area contributed by atoms with Gasteiger partial charge in [-0.25, -0.2) is 4.79 Å². The first-order chi connectivity index (χ1) is 12.6. The second-order valence-electron chi connectivity index (χ2n) is 6.91. The lowest BCUT2D eigenvalue weighted by Gasteiger charge is -2.22. The van der Waals surface area contributed by atoms with Crippen LogP contribution in [0.4, 0.5) is 0 Å². The fraction of sp³-hybridized carbons (Fsp3) is 0.500. The highest BCUT2D eigenvalue weighted by atomic mass is 32.1. The van der Waals surface area contributed by atoms with Crippen molar-refractivity contribution in [2.45, 2.75) is 57.0 Å². The summed E-state index contributed by atoms with van der Waals surface area (Å²) in [5.41, 5.74) is 2.09. The first-order valence-corrected chi connectivity index (χ1v) is 9.88. The molecule has 26 heavy (non-hydrogen) atoms. The zero-order valence-electron chi connectivity index (χ0n) is 14.3. The van der Waals surface area contributed by atoms with Crippen LogP contribution in [0.3, 0.4) is 0 Å². The van der Waals surface area contributed by atoms with E-state index in [-0.39, 0.29) is 23.7 Å². The van der Waals surface area contributed by atoms with E-state index in [1.807, 2.05) is 5.38 Å². The molecule has 7 nitrogen and oxygen atoms in total. The molecule has 0 saturated heterocycles. The van der Waals surface area contributed by atoms with Crippen LogP contribution >= 0.6 is 11.3 Å². The number of aromatic nitrogens is 1. The summed E-state index contributed by atoms with van der Waals surface area (Å²) in [5.74, 6) is -1.10. The van der Waals surface area contributed by atoms with Gasteiger partial charge in [-0.2, -0.15) is 0 Å². The first kappa shape index (κ1) is 17.1. The van der Waals surface area contributed by atoms with Gasteiger partial charge in [-0.1, -0.05) is 0 Å². The second kappa shape index (κ2) is 7.11. The maximum Gasteiger partial charge on any atom is 0.416 e. The molecule has 2 aromatic heterocycles. The fourth-order valence-corrected chi connectivity index (χ4v) is 5.00. The van der Waals surface area contributed by atoms with Crippen LogP contribution < -0.4 is 16.4 Å². The molecule has 0 unspecified atom stereocenters. The van der Waals surface area contributed by atoms with Crippen LogP contribution in [-0.2, 0) is 12.8 Å². The Labute approximate surface area is 154 Å². The standard InChI is InChI=1S/C18H21N3O4S/c22-16(11-9-26-15-7-2-1-4-10(11)15)19-12-5-3-6-13(12)20-17(23)14-8-25-18(24)21-14/h8-9,12-13H,1-7H2,(H,19,22)(H,20,23)(H,21,24)/t12-,13-/m0/s1. The number of thiophene rings is 1. The molecular weight excluding hydrogens is 354 g/mol. The number of amides is 2. The van der Waals surface area contributed by atoms with Crippen molar-refractivity contribution in [1.29, 1.82) is 0 Å². The topological polar surface area (TPSA) is 104 Å². The van der Waals surface area contributed by atoms with Crippen LogP contribution in [0, 0.1) is 0 Å². The number of oxazole rings is 1. The molecule has 2 amide bonds. The van der Waals surface area contributed by atoms with E-state index < -0.39 is 11.7 Å². The molecular formula is C18H21N3O4S. The lowest BCUT2D eigenvalue weighted by atomic mass is 9.95. The Morgan fingerprint density at radius 1 is 1.08 bits per heavy atom. The highest BCUT2D eigenvalue weighted by Gasteiger charge is 2.31. The third-order valence-electron chi connectivity index (χ3n) is 5.22. The number of fused-ring (bicyclic) bond motifs is 1. The van der Waals surface area contributed by atoms with E-state index >= 15 is 0 Å². The van der Waals surface area contributed by atoms with Gasteiger partial charge in [0.1, 0.15) is 12.0 Å². The Bertz CT molecular complexity index is 881.